The Morgan fingerprint density at radius 3 is 2.34 bits per heavy atom. The molecule has 1 heterocycles. The van der Waals surface area contributed by atoms with E-state index in [1.807, 2.05) is 30.3 Å². The van der Waals surface area contributed by atoms with Crippen LogP contribution in [0.25, 0.3) is 11.1 Å². The van der Waals surface area contributed by atoms with E-state index in [1.165, 1.54) is 12.4 Å². The largest absolute Gasteiger partial charge is 0.480 e. The molecule has 1 unspecified atom stereocenters. The van der Waals surface area contributed by atoms with Gasteiger partial charge in [0.1, 0.15) is 10.6 Å². The van der Waals surface area contributed by atoms with Crippen LogP contribution in [0.4, 0.5) is 0 Å². The molecule has 0 spiro atoms. The molecule has 35 heavy (non-hydrogen) atoms. The Morgan fingerprint density at radius 1 is 1.06 bits per heavy atom. The summed E-state index contributed by atoms with van der Waals surface area (Å²) < 4.78 is 25.0. The van der Waals surface area contributed by atoms with Crippen LogP contribution in [-0.2, 0) is 13.7 Å². The van der Waals surface area contributed by atoms with Crippen molar-refractivity contribution >= 4 is 43.3 Å². The smallest absolute Gasteiger partial charge is 0.326 e. The molecule has 3 aromatic rings. The molecule has 0 aliphatic heterocycles. The Labute approximate surface area is 212 Å². The maximum Gasteiger partial charge on any atom is 0.326 e. The Hall–Kier alpha value is -2.86. The van der Waals surface area contributed by atoms with Gasteiger partial charge in [-0.3, -0.25) is 9.78 Å². The number of aromatic nitrogens is 1. The number of aliphatic carboxylic acids is 1. The summed E-state index contributed by atoms with van der Waals surface area (Å²) in [6.45, 7) is -0.393. The minimum absolute atomic E-state index is 0.281. The molecule has 184 valence electrons. The third-order valence-corrected chi connectivity index (χ3v) is 11.1. The van der Waals surface area contributed by atoms with Gasteiger partial charge in [0.25, 0.3) is 5.91 Å². The van der Waals surface area contributed by atoms with Crippen molar-refractivity contribution in [1.29, 1.82) is 0 Å². The van der Waals surface area contributed by atoms with Crippen molar-refractivity contribution in [2.24, 2.45) is 5.73 Å². The number of hydrogen-bond acceptors (Lipinski definition) is 8. The molecule has 0 bridgehead atoms. The SMILES string of the molecule is CSC(C[C@@H](C(=O)O)N(CN)C(=O)c1ccccc1-c1ccccc1)S(=O)(=O)Sc1cccnc1. The number of carbonyl (C=O) groups excluding carboxylic acids is 1. The molecule has 0 saturated heterocycles. The highest BCUT2D eigenvalue weighted by molar-refractivity contribution is 8.73. The summed E-state index contributed by atoms with van der Waals surface area (Å²) in [5.41, 5.74) is 7.56. The second-order valence-corrected chi connectivity index (χ2v) is 12.8. The third kappa shape index (κ3) is 6.63. The molecule has 2 atom stereocenters. The normalized spacial score (nSPS) is 13.1. The van der Waals surface area contributed by atoms with Crippen molar-refractivity contribution < 1.29 is 23.1 Å². The molecule has 3 N–H and O–H groups in total. The fourth-order valence-electron chi connectivity index (χ4n) is 3.51. The summed E-state index contributed by atoms with van der Waals surface area (Å²) in [6, 6.07) is 17.8. The molecule has 0 fully saturated rings. The van der Waals surface area contributed by atoms with Gasteiger partial charge < -0.3 is 15.7 Å². The van der Waals surface area contributed by atoms with Gasteiger partial charge in [-0.05, 0) is 35.6 Å². The first kappa shape index (κ1) is 26.7. The predicted molar refractivity (Wildman–Crippen MR) is 139 cm³/mol. The van der Waals surface area contributed by atoms with Crippen LogP contribution in [0.15, 0.2) is 84.0 Å². The van der Waals surface area contributed by atoms with E-state index >= 15 is 0 Å². The number of carboxylic acids is 1. The maximum atomic E-state index is 13.5. The minimum Gasteiger partial charge on any atom is -0.480 e. The van der Waals surface area contributed by atoms with Crippen molar-refractivity contribution in [1.82, 2.24) is 9.88 Å². The van der Waals surface area contributed by atoms with Crippen LogP contribution in [0.3, 0.4) is 0 Å². The lowest BCUT2D eigenvalue weighted by atomic mass is 9.98. The van der Waals surface area contributed by atoms with Gasteiger partial charge >= 0.3 is 5.97 Å². The van der Waals surface area contributed by atoms with Gasteiger partial charge in [-0.1, -0.05) is 48.5 Å². The van der Waals surface area contributed by atoms with Crippen molar-refractivity contribution in [2.45, 2.75) is 21.9 Å². The second kappa shape index (κ2) is 12.2. The molecule has 0 aliphatic carbocycles. The summed E-state index contributed by atoms with van der Waals surface area (Å²) in [5, 5.41) is 9.99. The van der Waals surface area contributed by atoms with Crippen LogP contribution < -0.4 is 5.73 Å². The lowest BCUT2D eigenvalue weighted by Gasteiger charge is -2.30. The lowest BCUT2D eigenvalue weighted by molar-refractivity contribution is -0.142. The van der Waals surface area contributed by atoms with E-state index in [1.54, 1.807) is 42.7 Å². The zero-order valence-corrected chi connectivity index (χ0v) is 21.3. The molecular weight excluding hydrogens is 506 g/mol. The summed E-state index contributed by atoms with van der Waals surface area (Å²) in [6.07, 6.45) is 4.21. The van der Waals surface area contributed by atoms with Crippen molar-refractivity contribution in [3.05, 3.63) is 84.7 Å². The van der Waals surface area contributed by atoms with Gasteiger partial charge in [-0.2, -0.15) is 0 Å². The van der Waals surface area contributed by atoms with Crippen LogP contribution >= 0.6 is 22.6 Å². The van der Waals surface area contributed by atoms with E-state index in [-0.39, 0.29) is 12.0 Å². The first-order chi connectivity index (χ1) is 16.8. The Morgan fingerprint density at radius 2 is 1.74 bits per heavy atom. The molecule has 0 radical (unpaired) electrons. The topological polar surface area (TPSA) is 131 Å². The van der Waals surface area contributed by atoms with Gasteiger partial charge in [-0.15, -0.1) is 11.8 Å². The van der Waals surface area contributed by atoms with Crippen LogP contribution in [-0.4, -0.2) is 58.8 Å². The summed E-state index contributed by atoms with van der Waals surface area (Å²) in [7, 11) is -3.22. The van der Waals surface area contributed by atoms with E-state index in [2.05, 4.69) is 4.98 Å². The van der Waals surface area contributed by atoms with E-state index < -0.39 is 38.0 Å². The summed E-state index contributed by atoms with van der Waals surface area (Å²) in [4.78, 5) is 31.1. The quantitative estimate of drug-likeness (QED) is 0.280. The average Bonchev–Trinajstić information content (AvgIpc) is 2.86. The Balaban J connectivity index is 1.91. The molecule has 1 amide bonds. The van der Waals surface area contributed by atoms with E-state index in [0.29, 0.717) is 21.3 Å². The molecule has 2 aromatic carbocycles. The van der Waals surface area contributed by atoms with Gasteiger partial charge in [0.05, 0.1) is 6.67 Å². The zero-order chi connectivity index (χ0) is 25.4. The highest BCUT2D eigenvalue weighted by atomic mass is 33.1. The molecule has 1 aromatic heterocycles. The fourth-order valence-corrected chi connectivity index (χ4v) is 8.57. The highest BCUT2D eigenvalue weighted by Crippen LogP contribution is 2.35. The summed E-state index contributed by atoms with van der Waals surface area (Å²) >= 11 is 1.01. The van der Waals surface area contributed by atoms with Crippen LogP contribution in [0.5, 0.6) is 0 Å². The summed E-state index contributed by atoms with van der Waals surface area (Å²) in [5.74, 6) is -1.92. The van der Waals surface area contributed by atoms with E-state index in [0.717, 1.165) is 22.2 Å². The standard InChI is InChI=1S/C24H25N3O5S3/c1-33-22(35(31,32)34-18-10-7-13-26-15-18)14-21(24(29)30)27(16-25)23(28)20-12-6-5-11-19(20)17-8-3-2-4-9-17/h2-13,15,21-22H,14,16,25H2,1H3,(H,29,30)/t21-,22?/m0/s1. The molecule has 11 heteroatoms. The van der Waals surface area contributed by atoms with Crippen molar-refractivity contribution in [2.75, 3.05) is 12.9 Å². The van der Waals surface area contributed by atoms with Crippen LogP contribution in [0.1, 0.15) is 16.8 Å². The number of nitrogens with two attached hydrogens (primary N) is 1. The molecule has 0 aliphatic rings. The number of carboxylic acid groups (broad SMARTS) is 1. The van der Waals surface area contributed by atoms with Gasteiger partial charge in [0.15, 0.2) is 0 Å². The van der Waals surface area contributed by atoms with Gasteiger partial charge in [0, 0.05) is 40.1 Å². The Kier molecular flexibility index (Phi) is 9.33. The minimum atomic E-state index is -3.84. The first-order valence-electron chi connectivity index (χ1n) is 10.5. The highest BCUT2D eigenvalue weighted by Gasteiger charge is 2.37. The molecule has 3 rings (SSSR count). The molecule has 8 nitrogen and oxygen atoms in total. The molecular formula is C24H25N3O5S3. The van der Waals surface area contributed by atoms with E-state index in [4.69, 9.17) is 5.73 Å². The lowest BCUT2D eigenvalue weighted by Crippen LogP contribution is -2.49. The van der Waals surface area contributed by atoms with Gasteiger partial charge in [0.2, 0.25) is 8.87 Å². The predicted octanol–water partition coefficient (Wildman–Crippen LogP) is 3.76. The maximum absolute atomic E-state index is 13.5. The fraction of sp³-hybridized carbons (Fsp3) is 0.208. The van der Waals surface area contributed by atoms with E-state index in [9.17, 15) is 23.1 Å². The number of carbonyl (C=O) groups is 2. The number of nitrogens with zero attached hydrogens (tertiary/aromatic N) is 2. The number of pyridine rings is 1. The average molecular weight is 532 g/mol. The molecule has 0 saturated carbocycles. The monoisotopic (exact) mass is 531 g/mol. The Bertz CT molecular complexity index is 1260. The first-order valence-corrected chi connectivity index (χ1v) is 14.7. The van der Waals surface area contributed by atoms with Gasteiger partial charge in [-0.25, -0.2) is 13.2 Å². The van der Waals surface area contributed by atoms with Crippen molar-refractivity contribution in [3.63, 3.8) is 0 Å². The number of benzene rings is 2. The number of rotatable bonds is 11. The number of amides is 1. The second-order valence-electron chi connectivity index (χ2n) is 7.39. The number of thioether (sulfide) groups is 1. The van der Waals surface area contributed by atoms with Crippen molar-refractivity contribution in [3.8, 4) is 11.1 Å². The van der Waals surface area contributed by atoms with Crippen LogP contribution in [0, 0.1) is 0 Å². The number of hydrogen-bond donors (Lipinski definition) is 2. The zero-order valence-electron chi connectivity index (χ0n) is 18.9. The third-order valence-electron chi connectivity index (χ3n) is 5.21. The van der Waals surface area contributed by atoms with Crippen LogP contribution in [0.2, 0.25) is 0 Å².